The predicted molar refractivity (Wildman–Crippen MR) is 107 cm³/mol. The first-order chi connectivity index (χ1) is 12.8. The van der Waals surface area contributed by atoms with E-state index in [0.717, 1.165) is 34.9 Å². The molecule has 2 aromatic rings. The van der Waals surface area contributed by atoms with Gasteiger partial charge in [-0.05, 0) is 31.9 Å². The lowest BCUT2D eigenvalue weighted by molar-refractivity contribution is -0.121. The van der Waals surface area contributed by atoms with Gasteiger partial charge in [0.05, 0.1) is 24.3 Å². The van der Waals surface area contributed by atoms with Crippen LogP contribution in [0.25, 0.3) is 10.6 Å². The lowest BCUT2D eigenvalue weighted by Gasteiger charge is -2.20. The van der Waals surface area contributed by atoms with Crippen LogP contribution in [0.15, 0.2) is 29.6 Å². The summed E-state index contributed by atoms with van der Waals surface area (Å²) in [6, 6.07) is 8.26. The Balaban J connectivity index is 1.60. The van der Waals surface area contributed by atoms with Gasteiger partial charge in [0, 0.05) is 11.4 Å². The van der Waals surface area contributed by atoms with E-state index in [1.807, 2.05) is 36.6 Å². The molecular weight excluding hydrogens is 344 g/mol. The van der Waals surface area contributed by atoms with Crippen molar-refractivity contribution < 1.29 is 9.53 Å². The van der Waals surface area contributed by atoms with Crippen LogP contribution in [0, 0.1) is 0 Å². The van der Waals surface area contributed by atoms with Crippen LogP contribution in [0.3, 0.4) is 0 Å². The third-order valence-electron chi connectivity index (χ3n) is 4.78. The van der Waals surface area contributed by atoms with E-state index < -0.39 is 0 Å². The smallest absolute Gasteiger partial charge is 0.226 e. The van der Waals surface area contributed by atoms with Crippen molar-refractivity contribution in [2.75, 3.05) is 6.61 Å². The molecule has 4 nitrogen and oxygen atoms in total. The zero-order valence-corrected chi connectivity index (χ0v) is 16.3. The highest BCUT2D eigenvalue weighted by molar-refractivity contribution is 7.13. The molecule has 1 heterocycles. The summed E-state index contributed by atoms with van der Waals surface area (Å²) in [6.07, 6.45) is 8.93. The van der Waals surface area contributed by atoms with E-state index in [4.69, 9.17) is 4.74 Å². The molecule has 3 rings (SSSR count). The van der Waals surface area contributed by atoms with Gasteiger partial charge in [-0.3, -0.25) is 4.79 Å². The first-order valence-corrected chi connectivity index (χ1v) is 10.6. The molecule has 0 bridgehead atoms. The van der Waals surface area contributed by atoms with Crippen LogP contribution in [-0.4, -0.2) is 23.5 Å². The number of thiazole rings is 1. The lowest BCUT2D eigenvalue weighted by atomic mass is 9.96. The Bertz CT molecular complexity index is 706. The molecule has 26 heavy (non-hydrogen) atoms. The summed E-state index contributed by atoms with van der Waals surface area (Å²) in [5, 5.41) is 6.10. The van der Waals surface area contributed by atoms with Crippen LogP contribution in [0.1, 0.15) is 57.6 Å². The highest BCUT2D eigenvalue weighted by Gasteiger charge is 2.16. The highest BCUT2D eigenvalue weighted by atomic mass is 32.1. The number of carbonyl (C=O) groups is 1. The first-order valence-electron chi connectivity index (χ1n) is 9.72. The maximum absolute atomic E-state index is 12.4. The van der Waals surface area contributed by atoms with Crippen molar-refractivity contribution in [1.29, 1.82) is 0 Å². The molecule has 0 aliphatic heterocycles. The maximum Gasteiger partial charge on any atom is 0.226 e. The van der Waals surface area contributed by atoms with Gasteiger partial charge in [0.25, 0.3) is 0 Å². The number of hydrogen-bond donors (Lipinski definition) is 1. The summed E-state index contributed by atoms with van der Waals surface area (Å²) in [5.41, 5.74) is 1.82. The summed E-state index contributed by atoms with van der Waals surface area (Å²) in [4.78, 5) is 17.1. The fraction of sp³-hybridized carbons (Fsp3) is 0.524. The summed E-state index contributed by atoms with van der Waals surface area (Å²) in [5.74, 6) is 0.931. The molecule has 0 unspecified atom stereocenters. The second-order valence-electron chi connectivity index (χ2n) is 6.86. The Labute approximate surface area is 160 Å². The van der Waals surface area contributed by atoms with Gasteiger partial charge in [0.2, 0.25) is 5.91 Å². The molecule has 1 aromatic carbocycles. The number of hydrogen-bond acceptors (Lipinski definition) is 4. The van der Waals surface area contributed by atoms with Gasteiger partial charge in [-0.25, -0.2) is 4.98 Å². The number of nitrogens with one attached hydrogen (secondary N) is 1. The van der Waals surface area contributed by atoms with Crippen molar-refractivity contribution in [3.05, 3.63) is 35.3 Å². The molecular formula is C21H28N2O2S. The number of aromatic nitrogens is 1. The molecule has 1 fully saturated rings. The van der Waals surface area contributed by atoms with Crippen LogP contribution in [0.5, 0.6) is 5.75 Å². The SMILES string of the molecule is CCOc1ccccc1-c1nc(CC(=O)NC2CCCCCCC2)cs1. The quantitative estimate of drug-likeness (QED) is 0.778. The second kappa shape index (κ2) is 9.72. The first kappa shape index (κ1) is 18.9. The molecule has 1 saturated carbocycles. The molecule has 1 amide bonds. The minimum absolute atomic E-state index is 0.0884. The molecule has 5 heteroatoms. The van der Waals surface area contributed by atoms with Gasteiger partial charge in [-0.15, -0.1) is 11.3 Å². The number of benzene rings is 1. The van der Waals surface area contributed by atoms with Gasteiger partial charge in [-0.1, -0.05) is 44.2 Å². The summed E-state index contributed by atoms with van der Waals surface area (Å²) < 4.78 is 5.69. The minimum atomic E-state index is 0.0884. The topological polar surface area (TPSA) is 51.2 Å². The van der Waals surface area contributed by atoms with Crippen LogP contribution in [-0.2, 0) is 11.2 Å². The maximum atomic E-state index is 12.4. The zero-order valence-electron chi connectivity index (χ0n) is 15.5. The summed E-state index contributed by atoms with van der Waals surface area (Å²) in [6.45, 7) is 2.60. The number of amides is 1. The Hall–Kier alpha value is -1.88. The fourth-order valence-electron chi connectivity index (χ4n) is 3.48. The van der Waals surface area contributed by atoms with Gasteiger partial charge in [0.1, 0.15) is 10.8 Å². The van der Waals surface area contributed by atoms with Crippen molar-refractivity contribution in [3.8, 4) is 16.3 Å². The largest absolute Gasteiger partial charge is 0.493 e. The van der Waals surface area contributed by atoms with Gasteiger partial charge in [0.15, 0.2) is 0 Å². The van der Waals surface area contributed by atoms with E-state index in [1.165, 1.54) is 32.1 Å². The van der Waals surface area contributed by atoms with Crippen LogP contribution in [0.2, 0.25) is 0 Å². The van der Waals surface area contributed by atoms with E-state index in [2.05, 4.69) is 10.3 Å². The third-order valence-corrected chi connectivity index (χ3v) is 5.71. The molecule has 1 aliphatic carbocycles. The fourth-order valence-corrected chi connectivity index (χ4v) is 4.33. The van der Waals surface area contributed by atoms with Gasteiger partial charge in [-0.2, -0.15) is 0 Å². The minimum Gasteiger partial charge on any atom is -0.493 e. The van der Waals surface area contributed by atoms with Gasteiger partial charge < -0.3 is 10.1 Å². The van der Waals surface area contributed by atoms with Gasteiger partial charge >= 0.3 is 0 Å². The molecule has 0 atom stereocenters. The van der Waals surface area contributed by atoms with E-state index in [-0.39, 0.29) is 5.91 Å². The number of ether oxygens (including phenoxy) is 1. The van der Waals surface area contributed by atoms with E-state index in [0.29, 0.717) is 19.1 Å². The Morgan fingerprint density at radius 1 is 1.19 bits per heavy atom. The predicted octanol–water partition coefficient (Wildman–Crippen LogP) is 4.98. The molecule has 1 N–H and O–H groups in total. The van der Waals surface area contributed by atoms with Crippen molar-refractivity contribution in [1.82, 2.24) is 10.3 Å². The van der Waals surface area contributed by atoms with E-state index in [9.17, 15) is 4.79 Å². The molecule has 0 spiro atoms. The highest BCUT2D eigenvalue weighted by Crippen LogP contribution is 2.32. The molecule has 140 valence electrons. The van der Waals surface area contributed by atoms with Crippen molar-refractivity contribution >= 4 is 17.2 Å². The van der Waals surface area contributed by atoms with Crippen molar-refractivity contribution in [3.63, 3.8) is 0 Å². The standard InChI is InChI=1S/C21H28N2O2S/c1-2-25-19-13-9-8-12-18(19)21-23-17(15-26-21)14-20(24)22-16-10-6-4-3-5-7-11-16/h8-9,12-13,15-16H,2-7,10-11,14H2,1H3,(H,22,24). The number of para-hydroxylation sites is 1. The Kier molecular flexibility index (Phi) is 7.06. The average Bonchev–Trinajstić information content (AvgIpc) is 3.06. The van der Waals surface area contributed by atoms with Crippen molar-refractivity contribution in [2.45, 2.75) is 64.3 Å². The molecule has 1 aromatic heterocycles. The number of rotatable bonds is 6. The average molecular weight is 373 g/mol. The molecule has 1 aliphatic rings. The summed E-state index contributed by atoms with van der Waals surface area (Å²) >= 11 is 1.57. The van der Waals surface area contributed by atoms with Crippen LogP contribution >= 0.6 is 11.3 Å². The molecule has 0 radical (unpaired) electrons. The lowest BCUT2D eigenvalue weighted by Crippen LogP contribution is -2.36. The number of carbonyl (C=O) groups excluding carboxylic acids is 1. The monoisotopic (exact) mass is 372 g/mol. The van der Waals surface area contributed by atoms with E-state index >= 15 is 0 Å². The van der Waals surface area contributed by atoms with Crippen LogP contribution in [0.4, 0.5) is 0 Å². The van der Waals surface area contributed by atoms with E-state index in [1.54, 1.807) is 11.3 Å². The Morgan fingerprint density at radius 3 is 2.69 bits per heavy atom. The van der Waals surface area contributed by atoms with Crippen molar-refractivity contribution in [2.24, 2.45) is 0 Å². The molecule has 0 saturated heterocycles. The summed E-state index contributed by atoms with van der Waals surface area (Å²) in [7, 11) is 0. The number of nitrogens with zero attached hydrogens (tertiary/aromatic N) is 1. The normalized spacial score (nSPS) is 15.9. The zero-order chi connectivity index (χ0) is 18.2. The van der Waals surface area contributed by atoms with Crippen LogP contribution < -0.4 is 10.1 Å². The Morgan fingerprint density at radius 2 is 1.92 bits per heavy atom. The third kappa shape index (κ3) is 5.31. The second-order valence-corrected chi connectivity index (χ2v) is 7.72.